The minimum Gasteiger partial charge on any atom is -0.289 e. The summed E-state index contributed by atoms with van der Waals surface area (Å²) < 4.78 is 13.0. The van der Waals surface area contributed by atoms with Crippen LogP contribution in [0.25, 0.3) is 0 Å². The van der Waals surface area contributed by atoms with Gasteiger partial charge in [0.2, 0.25) is 0 Å². The van der Waals surface area contributed by atoms with E-state index in [0.717, 1.165) is 21.0 Å². The molecule has 1 fully saturated rings. The van der Waals surface area contributed by atoms with Crippen molar-refractivity contribution in [2.24, 2.45) is 0 Å². The summed E-state index contributed by atoms with van der Waals surface area (Å²) in [4.78, 5) is 15.7. The first kappa shape index (κ1) is 18.2. The van der Waals surface area contributed by atoms with Crippen molar-refractivity contribution >= 4 is 23.1 Å². The number of hydrogen-bond acceptors (Lipinski definition) is 3. The van der Waals surface area contributed by atoms with Gasteiger partial charge in [-0.15, -0.1) is 11.3 Å². The number of nitrogens with zero attached hydrogens (tertiary/aromatic N) is 2. The summed E-state index contributed by atoms with van der Waals surface area (Å²) in [6.45, 7) is 0.306. The lowest BCUT2D eigenvalue weighted by Crippen LogP contribution is -2.31. The maximum absolute atomic E-state index is 13.0. The third-order valence-electron chi connectivity index (χ3n) is 4.46. The molecule has 28 heavy (non-hydrogen) atoms. The molecule has 0 radical (unpaired) electrons. The molecule has 2 aromatic carbocycles. The highest BCUT2D eigenvalue weighted by molar-refractivity contribution is 7.12. The van der Waals surface area contributed by atoms with E-state index in [1.165, 1.54) is 17.0 Å². The molecule has 2 amide bonds. The highest BCUT2D eigenvalue weighted by Gasteiger charge is 2.36. The fourth-order valence-corrected chi connectivity index (χ4v) is 3.92. The van der Waals surface area contributed by atoms with Gasteiger partial charge in [0.1, 0.15) is 11.9 Å². The fraction of sp³-hybridized carbons (Fsp3) is 0.136. The average molecular weight is 392 g/mol. The zero-order valence-electron chi connectivity index (χ0n) is 14.9. The molecular weight excluding hydrogens is 375 g/mol. The molecule has 0 aliphatic carbocycles. The van der Waals surface area contributed by atoms with Crippen LogP contribution in [-0.2, 0) is 6.42 Å². The predicted octanol–water partition coefficient (Wildman–Crippen LogP) is 4.53. The SMILES string of the molecule is O=C1N(c2ccccc2)CC(C#Cc2ccc(Cc3ccc(F)cc3)s2)N1O. The van der Waals surface area contributed by atoms with E-state index in [0.29, 0.717) is 18.0 Å². The Labute approximate surface area is 166 Å². The molecule has 1 aliphatic rings. The summed E-state index contributed by atoms with van der Waals surface area (Å²) in [5.74, 6) is 5.79. The summed E-state index contributed by atoms with van der Waals surface area (Å²) in [5, 5.41) is 10.8. The molecule has 0 saturated carbocycles. The zero-order valence-corrected chi connectivity index (χ0v) is 15.7. The van der Waals surface area contributed by atoms with Gasteiger partial charge in [-0.1, -0.05) is 42.2 Å². The van der Waals surface area contributed by atoms with Gasteiger partial charge in [-0.05, 0) is 42.0 Å². The molecule has 1 aliphatic heterocycles. The number of carbonyl (C=O) groups excluding carboxylic acids is 1. The van der Waals surface area contributed by atoms with Crippen LogP contribution in [-0.4, -0.2) is 28.9 Å². The van der Waals surface area contributed by atoms with E-state index in [1.807, 2.05) is 42.5 Å². The van der Waals surface area contributed by atoms with Gasteiger partial charge in [0.25, 0.3) is 0 Å². The summed E-state index contributed by atoms with van der Waals surface area (Å²) in [6, 6.07) is 18.5. The Morgan fingerprint density at radius 1 is 1.07 bits per heavy atom. The molecule has 0 spiro atoms. The Kier molecular flexibility index (Phi) is 5.11. The van der Waals surface area contributed by atoms with Gasteiger partial charge >= 0.3 is 6.03 Å². The van der Waals surface area contributed by atoms with E-state index in [1.54, 1.807) is 23.5 Å². The van der Waals surface area contributed by atoms with Gasteiger partial charge in [0, 0.05) is 17.0 Å². The number of para-hydroxylation sites is 1. The van der Waals surface area contributed by atoms with Crippen molar-refractivity contribution < 1.29 is 14.4 Å². The lowest BCUT2D eigenvalue weighted by atomic mass is 10.1. The first-order chi connectivity index (χ1) is 13.6. The second kappa shape index (κ2) is 7.85. The summed E-state index contributed by atoms with van der Waals surface area (Å²) in [6.07, 6.45) is 0.711. The van der Waals surface area contributed by atoms with Gasteiger partial charge in [-0.2, -0.15) is 5.06 Å². The Bertz CT molecular complexity index is 1040. The van der Waals surface area contributed by atoms with Crippen LogP contribution in [0.4, 0.5) is 14.9 Å². The highest BCUT2D eigenvalue weighted by Crippen LogP contribution is 2.23. The lowest BCUT2D eigenvalue weighted by Gasteiger charge is -2.14. The molecule has 6 heteroatoms. The molecule has 4 rings (SSSR count). The summed E-state index contributed by atoms with van der Waals surface area (Å²) in [5.41, 5.74) is 1.76. The largest absolute Gasteiger partial charge is 0.349 e. The number of rotatable bonds is 3. The number of hydroxylamine groups is 2. The minimum absolute atomic E-state index is 0.245. The van der Waals surface area contributed by atoms with Crippen LogP contribution in [0.15, 0.2) is 66.7 Å². The van der Waals surface area contributed by atoms with E-state index in [4.69, 9.17) is 0 Å². The summed E-state index contributed by atoms with van der Waals surface area (Å²) >= 11 is 1.55. The molecule has 1 unspecified atom stereocenters. The molecular formula is C22H17FN2O2S. The average Bonchev–Trinajstić information content (AvgIpc) is 3.28. The second-order valence-corrected chi connectivity index (χ2v) is 7.60. The van der Waals surface area contributed by atoms with Crippen molar-refractivity contribution in [1.29, 1.82) is 0 Å². The van der Waals surface area contributed by atoms with Crippen molar-refractivity contribution in [2.45, 2.75) is 12.5 Å². The molecule has 2 heterocycles. The molecule has 4 nitrogen and oxygen atoms in total. The van der Waals surface area contributed by atoms with Crippen LogP contribution < -0.4 is 4.90 Å². The predicted molar refractivity (Wildman–Crippen MR) is 107 cm³/mol. The minimum atomic E-state index is -0.588. The fourth-order valence-electron chi connectivity index (χ4n) is 3.01. The number of amides is 2. The number of anilines is 1. The van der Waals surface area contributed by atoms with E-state index >= 15 is 0 Å². The second-order valence-electron chi connectivity index (χ2n) is 6.43. The number of urea groups is 1. The maximum atomic E-state index is 13.0. The standard InChI is InChI=1S/C22H17FN2O2S/c23-17-8-6-16(7-9-17)14-21-13-12-20(28-21)11-10-19-15-24(22(26)25(19)27)18-4-2-1-3-5-18/h1-9,12-13,19,27H,14-15H2. The molecule has 1 aromatic heterocycles. The smallest absolute Gasteiger partial charge is 0.289 e. The van der Waals surface area contributed by atoms with Crippen molar-refractivity contribution in [3.8, 4) is 11.8 Å². The summed E-state index contributed by atoms with van der Waals surface area (Å²) in [7, 11) is 0. The highest BCUT2D eigenvalue weighted by atomic mass is 32.1. The normalized spacial score (nSPS) is 16.2. The Morgan fingerprint density at radius 3 is 2.57 bits per heavy atom. The Morgan fingerprint density at radius 2 is 1.82 bits per heavy atom. The van der Waals surface area contributed by atoms with Crippen molar-refractivity contribution in [1.82, 2.24) is 5.06 Å². The third kappa shape index (κ3) is 3.91. The first-order valence-corrected chi connectivity index (χ1v) is 9.61. The van der Waals surface area contributed by atoms with Gasteiger partial charge in [-0.25, -0.2) is 9.18 Å². The molecule has 1 atom stereocenters. The first-order valence-electron chi connectivity index (χ1n) is 8.79. The van der Waals surface area contributed by atoms with E-state index in [9.17, 15) is 14.4 Å². The van der Waals surface area contributed by atoms with Crippen LogP contribution >= 0.6 is 11.3 Å². The topological polar surface area (TPSA) is 43.8 Å². The van der Waals surface area contributed by atoms with Gasteiger partial charge in [0.15, 0.2) is 0 Å². The monoisotopic (exact) mass is 392 g/mol. The van der Waals surface area contributed by atoms with Crippen molar-refractivity contribution in [2.75, 3.05) is 11.4 Å². The van der Waals surface area contributed by atoms with E-state index < -0.39 is 12.1 Å². The van der Waals surface area contributed by atoms with Crippen LogP contribution in [0, 0.1) is 17.7 Å². The van der Waals surface area contributed by atoms with Crippen LogP contribution in [0.3, 0.4) is 0 Å². The number of hydrogen-bond donors (Lipinski definition) is 1. The van der Waals surface area contributed by atoms with Gasteiger partial charge < -0.3 is 0 Å². The van der Waals surface area contributed by atoms with Crippen LogP contribution in [0.1, 0.15) is 15.3 Å². The van der Waals surface area contributed by atoms with Gasteiger partial charge in [-0.3, -0.25) is 10.1 Å². The van der Waals surface area contributed by atoms with Crippen molar-refractivity contribution in [3.63, 3.8) is 0 Å². The number of thiophene rings is 1. The number of benzene rings is 2. The quantitative estimate of drug-likeness (QED) is 0.526. The maximum Gasteiger partial charge on any atom is 0.349 e. The number of halogens is 1. The van der Waals surface area contributed by atoms with Gasteiger partial charge in [0.05, 0.1) is 11.4 Å². The van der Waals surface area contributed by atoms with Crippen LogP contribution in [0.2, 0.25) is 0 Å². The van der Waals surface area contributed by atoms with Crippen molar-refractivity contribution in [3.05, 3.63) is 87.9 Å². The van der Waals surface area contributed by atoms with Crippen LogP contribution in [0.5, 0.6) is 0 Å². The Balaban J connectivity index is 1.45. The molecule has 1 saturated heterocycles. The molecule has 3 aromatic rings. The Hall–Kier alpha value is -3.14. The lowest BCUT2D eigenvalue weighted by molar-refractivity contribution is -0.0414. The molecule has 1 N–H and O–H groups in total. The third-order valence-corrected chi connectivity index (χ3v) is 5.46. The zero-order chi connectivity index (χ0) is 19.5. The van der Waals surface area contributed by atoms with E-state index in [2.05, 4.69) is 11.8 Å². The molecule has 0 bridgehead atoms. The van der Waals surface area contributed by atoms with E-state index in [-0.39, 0.29) is 5.82 Å². The number of carbonyl (C=O) groups is 1. The molecule has 140 valence electrons.